The van der Waals surface area contributed by atoms with Gasteiger partial charge in [0.2, 0.25) is 0 Å². The maximum absolute atomic E-state index is 13.6. The Morgan fingerprint density at radius 1 is 1.14 bits per heavy atom. The highest BCUT2D eigenvalue weighted by molar-refractivity contribution is 9.10. The number of carbonyl (C=O) groups excluding carboxylic acids is 1. The fourth-order valence-electron chi connectivity index (χ4n) is 2.40. The van der Waals surface area contributed by atoms with Crippen LogP contribution in [0.2, 0.25) is 0 Å². The van der Waals surface area contributed by atoms with Gasteiger partial charge >= 0.3 is 0 Å². The van der Waals surface area contributed by atoms with E-state index in [-0.39, 0.29) is 24.6 Å². The number of hydrogen-bond acceptors (Lipinski definition) is 1. The molecule has 0 saturated heterocycles. The van der Waals surface area contributed by atoms with Crippen LogP contribution in [-0.2, 0) is 17.8 Å². The summed E-state index contributed by atoms with van der Waals surface area (Å²) < 4.78 is 16.4. The molecule has 0 aliphatic carbocycles. The lowest BCUT2D eigenvalue weighted by Crippen LogP contribution is -2.12. The fraction of sp³-hybridized carbons (Fsp3) is 0.118. The lowest BCUT2D eigenvalue weighted by Gasteiger charge is -2.06. The number of hydrogen-bond donors (Lipinski definition) is 0. The van der Waals surface area contributed by atoms with E-state index in [1.165, 1.54) is 6.07 Å². The van der Waals surface area contributed by atoms with Gasteiger partial charge in [-0.15, -0.1) is 0 Å². The first-order chi connectivity index (χ1) is 10.1. The lowest BCUT2D eigenvalue weighted by atomic mass is 10.1. The third-order valence-corrected chi connectivity index (χ3v) is 3.92. The predicted octanol–water partition coefficient (Wildman–Crippen LogP) is 4.35. The molecule has 0 atom stereocenters. The zero-order valence-electron chi connectivity index (χ0n) is 11.2. The van der Waals surface area contributed by atoms with E-state index in [2.05, 4.69) is 15.9 Å². The average molecular weight is 346 g/mol. The SMILES string of the molecule is O=C(Cc1ccccc1F)Cn1ccc2ccc(Br)cc21. The van der Waals surface area contributed by atoms with E-state index >= 15 is 0 Å². The third-order valence-electron chi connectivity index (χ3n) is 3.43. The molecule has 106 valence electrons. The monoisotopic (exact) mass is 345 g/mol. The summed E-state index contributed by atoms with van der Waals surface area (Å²) in [6.07, 6.45) is 2.00. The van der Waals surface area contributed by atoms with Crippen molar-refractivity contribution in [1.29, 1.82) is 0 Å². The Labute approximate surface area is 130 Å². The average Bonchev–Trinajstić information content (AvgIpc) is 2.84. The van der Waals surface area contributed by atoms with Crippen LogP contribution >= 0.6 is 15.9 Å². The van der Waals surface area contributed by atoms with Gasteiger partial charge in [0.1, 0.15) is 5.82 Å². The van der Waals surface area contributed by atoms with Crippen molar-refractivity contribution in [2.45, 2.75) is 13.0 Å². The molecule has 0 N–H and O–H groups in total. The molecule has 0 aliphatic heterocycles. The van der Waals surface area contributed by atoms with Gasteiger partial charge in [0.05, 0.1) is 6.54 Å². The molecular weight excluding hydrogens is 333 g/mol. The van der Waals surface area contributed by atoms with Crippen molar-refractivity contribution in [2.75, 3.05) is 0 Å². The summed E-state index contributed by atoms with van der Waals surface area (Å²) in [6.45, 7) is 0.244. The summed E-state index contributed by atoms with van der Waals surface area (Å²) in [4.78, 5) is 12.2. The first-order valence-corrected chi connectivity index (χ1v) is 7.42. The van der Waals surface area contributed by atoms with Crippen LogP contribution in [0.3, 0.4) is 0 Å². The molecule has 0 saturated carbocycles. The van der Waals surface area contributed by atoms with E-state index in [1.807, 2.05) is 35.0 Å². The van der Waals surface area contributed by atoms with Gasteiger partial charge in [-0.3, -0.25) is 4.79 Å². The topological polar surface area (TPSA) is 22.0 Å². The third kappa shape index (κ3) is 3.05. The summed E-state index contributed by atoms with van der Waals surface area (Å²) in [5.41, 5.74) is 1.44. The molecule has 1 heterocycles. The number of carbonyl (C=O) groups is 1. The highest BCUT2D eigenvalue weighted by Crippen LogP contribution is 2.21. The number of fused-ring (bicyclic) bond motifs is 1. The summed E-state index contributed by atoms with van der Waals surface area (Å²) in [5, 5.41) is 1.08. The Morgan fingerprint density at radius 3 is 2.76 bits per heavy atom. The van der Waals surface area contributed by atoms with Crippen molar-refractivity contribution >= 4 is 32.6 Å². The molecule has 0 unspecified atom stereocenters. The maximum atomic E-state index is 13.6. The molecule has 0 bridgehead atoms. The molecule has 1 aromatic heterocycles. The normalized spacial score (nSPS) is 11.0. The summed E-state index contributed by atoms with van der Waals surface area (Å²) in [7, 11) is 0. The molecule has 2 aromatic carbocycles. The number of rotatable bonds is 4. The number of Topliss-reactive ketones (excluding diaryl/α,β-unsaturated/α-hetero) is 1. The van der Waals surface area contributed by atoms with Crippen molar-refractivity contribution in [2.24, 2.45) is 0 Å². The second kappa shape index (κ2) is 5.82. The lowest BCUT2D eigenvalue weighted by molar-refractivity contribution is -0.118. The molecule has 0 fully saturated rings. The molecule has 2 nitrogen and oxygen atoms in total. The Morgan fingerprint density at radius 2 is 1.95 bits per heavy atom. The first kappa shape index (κ1) is 14.0. The van der Waals surface area contributed by atoms with Crippen LogP contribution in [0.4, 0.5) is 4.39 Å². The van der Waals surface area contributed by atoms with E-state index in [4.69, 9.17) is 0 Å². The van der Waals surface area contributed by atoms with Gasteiger partial charge in [0.15, 0.2) is 5.78 Å². The molecule has 3 rings (SSSR count). The van der Waals surface area contributed by atoms with E-state index in [0.717, 1.165) is 15.4 Å². The number of aromatic nitrogens is 1. The first-order valence-electron chi connectivity index (χ1n) is 6.63. The molecule has 21 heavy (non-hydrogen) atoms. The van der Waals surface area contributed by atoms with Crippen molar-refractivity contribution in [3.05, 3.63) is 70.6 Å². The number of nitrogens with zero attached hydrogens (tertiary/aromatic N) is 1. The van der Waals surface area contributed by atoms with Gasteiger partial charge in [0, 0.05) is 22.6 Å². The summed E-state index contributed by atoms with van der Waals surface area (Å²) in [6, 6.07) is 14.3. The Bertz CT molecular complexity index is 809. The molecule has 0 aliphatic rings. The second-order valence-electron chi connectivity index (χ2n) is 4.95. The largest absolute Gasteiger partial charge is 0.340 e. The molecule has 0 spiro atoms. The Hall–Kier alpha value is -1.94. The quantitative estimate of drug-likeness (QED) is 0.688. The summed E-state index contributed by atoms with van der Waals surface area (Å²) >= 11 is 3.43. The standard InChI is InChI=1S/C17H13BrFNO/c18-14-6-5-12-7-8-20(17(12)10-14)11-15(21)9-13-3-1-2-4-16(13)19/h1-8,10H,9,11H2. The highest BCUT2D eigenvalue weighted by atomic mass is 79.9. The van der Waals surface area contributed by atoms with Gasteiger partial charge < -0.3 is 4.57 Å². The Balaban J connectivity index is 1.80. The maximum Gasteiger partial charge on any atom is 0.156 e. The van der Waals surface area contributed by atoms with Gasteiger partial charge in [-0.25, -0.2) is 4.39 Å². The Kier molecular flexibility index (Phi) is 3.88. The van der Waals surface area contributed by atoms with E-state index < -0.39 is 0 Å². The molecule has 3 aromatic rings. The number of ketones is 1. The van der Waals surface area contributed by atoms with Crippen LogP contribution in [0, 0.1) is 5.82 Å². The van der Waals surface area contributed by atoms with Crippen molar-refractivity contribution < 1.29 is 9.18 Å². The van der Waals surface area contributed by atoms with Crippen LogP contribution in [-0.4, -0.2) is 10.4 Å². The predicted molar refractivity (Wildman–Crippen MR) is 84.7 cm³/mol. The second-order valence-corrected chi connectivity index (χ2v) is 5.87. The van der Waals surface area contributed by atoms with Crippen LogP contribution < -0.4 is 0 Å². The van der Waals surface area contributed by atoms with Crippen LogP contribution in [0.5, 0.6) is 0 Å². The zero-order valence-corrected chi connectivity index (χ0v) is 12.8. The van der Waals surface area contributed by atoms with Crippen LogP contribution in [0.1, 0.15) is 5.56 Å². The summed E-state index contributed by atoms with van der Waals surface area (Å²) in [5.74, 6) is -0.344. The van der Waals surface area contributed by atoms with Gasteiger partial charge in [-0.2, -0.15) is 0 Å². The van der Waals surface area contributed by atoms with E-state index in [1.54, 1.807) is 18.2 Å². The number of halogens is 2. The van der Waals surface area contributed by atoms with Crippen molar-refractivity contribution in [3.8, 4) is 0 Å². The smallest absolute Gasteiger partial charge is 0.156 e. The van der Waals surface area contributed by atoms with E-state index in [9.17, 15) is 9.18 Å². The zero-order chi connectivity index (χ0) is 14.8. The van der Waals surface area contributed by atoms with Crippen molar-refractivity contribution in [1.82, 2.24) is 4.57 Å². The van der Waals surface area contributed by atoms with Crippen LogP contribution in [0.15, 0.2) is 59.2 Å². The molecule has 0 radical (unpaired) electrons. The van der Waals surface area contributed by atoms with E-state index in [0.29, 0.717) is 5.56 Å². The number of benzene rings is 2. The molecular formula is C17H13BrFNO. The minimum absolute atomic E-state index is 0.0161. The van der Waals surface area contributed by atoms with Gasteiger partial charge in [-0.05, 0) is 35.2 Å². The highest BCUT2D eigenvalue weighted by Gasteiger charge is 2.10. The minimum Gasteiger partial charge on any atom is -0.340 e. The van der Waals surface area contributed by atoms with Crippen LogP contribution in [0.25, 0.3) is 10.9 Å². The van der Waals surface area contributed by atoms with Gasteiger partial charge in [-0.1, -0.05) is 40.2 Å². The molecule has 4 heteroatoms. The minimum atomic E-state index is -0.328. The van der Waals surface area contributed by atoms with Crippen molar-refractivity contribution in [3.63, 3.8) is 0 Å². The fourth-order valence-corrected chi connectivity index (χ4v) is 2.74. The molecule has 0 amide bonds. The van der Waals surface area contributed by atoms with Gasteiger partial charge in [0.25, 0.3) is 0 Å².